The van der Waals surface area contributed by atoms with Crippen LogP contribution in [-0.2, 0) is 0 Å². The van der Waals surface area contributed by atoms with Crippen LogP contribution in [0.5, 0.6) is 0 Å². The van der Waals surface area contributed by atoms with Crippen LogP contribution in [0.1, 0.15) is 37.0 Å². The van der Waals surface area contributed by atoms with E-state index in [9.17, 15) is 14.9 Å². The summed E-state index contributed by atoms with van der Waals surface area (Å²) in [5, 5.41) is 10.9. The number of hydrogen-bond acceptors (Lipinski definition) is 3. The van der Waals surface area contributed by atoms with Crippen LogP contribution in [0.2, 0.25) is 0 Å². The van der Waals surface area contributed by atoms with Gasteiger partial charge in [-0.3, -0.25) is 14.9 Å². The molecule has 0 aliphatic heterocycles. The second-order valence-electron chi connectivity index (χ2n) is 4.01. The number of carbonyl (C=O) groups is 1. The maximum absolute atomic E-state index is 12.2. The Balaban J connectivity index is 2.98. The molecule has 0 radical (unpaired) electrons. The quantitative estimate of drug-likeness (QED) is 0.576. The molecular formula is C13H18N2O3. The molecule has 0 N–H and O–H groups in total. The fourth-order valence-corrected chi connectivity index (χ4v) is 1.74. The molecule has 0 atom stereocenters. The third-order valence-electron chi connectivity index (χ3n) is 2.78. The van der Waals surface area contributed by atoms with E-state index in [-0.39, 0.29) is 17.2 Å². The minimum absolute atomic E-state index is 0.127. The van der Waals surface area contributed by atoms with E-state index in [0.29, 0.717) is 13.1 Å². The van der Waals surface area contributed by atoms with Crippen LogP contribution < -0.4 is 0 Å². The van der Waals surface area contributed by atoms with Gasteiger partial charge in [0, 0.05) is 19.2 Å². The number of nitro benzene ring substituents is 1. The van der Waals surface area contributed by atoms with E-state index >= 15 is 0 Å². The van der Waals surface area contributed by atoms with Crippen LogP contribution in [0.3, 0.4) is 0 Å². The van der Waals surface area contributed by atoms with Gasteiger partial charge in [0.25, 0.3) is 11.6 Å². The zero-order valence-corrected chi connectivity index (χ0v) is 10.8. The molecule has 5 heteroatoms. The zero-order chi connectivity index (χ0) is 13.5. The van der Waals surface area contributed by atoms with Gasteiger partial charge in [0.2, 0.25) is 0 Å². The largest absolute Gasteiger partial charge is 0.339 e. The van der Waals surface area contributed by atoms with E-state index in [1.807, 2.05) is 13.8 Å². The first-order valence-electron chi connectivity index (χ1n) is 6.14. The van der Waals surface area contributed by atoms with Gasteiger partial charge in [0.1, 0.15) is 5.56 Å². The lowest BCUT2D eigenvalue weighted by atomic mass is 10.1. The average molecular weight is 250 g/mol. The second kappa shape index (κ2) is 6.74. The lowest BCUT2D eigenvalue weighted by Gasteiger charge is -2.20. The molecule has 0 aromatic heterocycles. The second-order valence-corrected chi connectivity index (χ2v) is 4.01. The van der Waals surface area contributed by atoms with Gasteiger partial charge < -0.3 is 4.90 Å². The number of unbranched alkanes of at least 4 members (excludes halogenated alkanes) is 1. The molecule has 0 fully saturated rings. The van der Waals surface area contributed by atoms with Crippen molar-refractivity contribution < 1.29 is 9.72 Å². The molecule has 0 unspecified atom stereocenters. The summed E-state index contributed by atoms with van der Waals surface area (Å²) in [6.45, 7) is 5.12. The summed E-state index contributed by atoms with van der Waals surface area (Å²) < 4.78 is 0. The number of hydrogen-bond donors (Lipinski definition) is 0. The fourth-order valence-electron chi connectivity index (χ4n) is 1.74. The first kappa shape index (κ1) is 14.2. The third kappa shape index (κ3) is 3.29. The molecule has 1 aromatic carbocycles. The summed E-state index contributed by atoms with van der Waals surface area (Å²) in [6.07, 6.45) is 1.89. The van der Waals surface area contributed by atoms with Crippen molar-refractivity contribution in [2.24, 2.45) is 0 Å². The summed E-state index contributed by atoms with van der Waals surface area (Å²) in [4.78, 5) is 24.2. The highest BCUT2D eigenvalue weighted by atomic mass is 16.6. The fraction of sp³-hybridized carbons (Fsp3) is 0.462. The number of nitro groups is 1. The maximum Gasteiger partial charge on any atom is 0.282 e. The standard InChI is InChI=1S/C13H18N2O3/c1-3-5-10-14(4-2)13(16)11-8-6-7-9-12(11)15(17)18/h6-9H,3-5,10H2,1-2H3. The molecule has 0 saturated heterocycles. The van der Waals surface area contributed by atoms with Gasteiger partial charge in [0.05, 0.1) is 4.92 Å². The van der Waals surface area contributed by atoms with Crippen LogP contribution in [0, 0.1) is 10.1 Å². The Bertz CT molecular complexity index is 432. The average Bonchev–Trinajstić information content (AvgIpc) is 2.39. The zero-order valence-electron chi connectivity index (χ0n) is 10.8. The van der Waals surface area contributed by atoms with Gasteiger partial charge in [-0.1, -0.05) is 25.5 Å². The highest BCUT2D eigenvalue weighted by Gasteiger charge is 2.22. The van der Waals surface area contributed by atoms with Crippen LogP contribution in [0.15, 0.2) is 24.3 Å². The van der Waals surface area contributed by atoms with Crippen molar-refractivity contribution in [3.05, 3.63) is 39.9 Å². The lowest BCUT2D eigenvalue weighted by Crippen LogP contribution is -2.32. The maximum atomic E-state index is 12.2. The first-order valence-corrected chi connectivity index (χ1v) is 6.14. The number of amides is 1. The predicted octanol–water partition coefficient (Wildman–Crippen LogP) is 2.86. The Morgan fingerprint density at radius 1 is 1.33 bits per heavy atom. The van der Waals surface area contributed by atoms with Crippen molar-refractivity contribution >= 4 is 11.6 Å². The molecule has 5 nitrogen and oxygen atoms in total. The monoisotopic (exact) mass is 250 g/mol. The van der Waals surface area contributed by atoms with Crippen molar-refractivity contribution in [1.82, 2.24) is 4.90 Å². The van der Waals surface area contributed by atoms with Crippen molar-refractivity contribution in [3.63, 3.8) is 0 Å². The van der Waals surface area contributed by atoms with E-state index in [1.165, 1.54) is 12.1 Å². The smallest absolute Gasteiger partial charge is 0.282 e. The minimum atomic E-state index is -0.513. The third-order valence-corrected chi connectivity index (χ3v) is 2.78. The molecule has 1 aromatic rings. The van der Waals surface area contributed by atoms with Gasteiger partial charge >= 0.3 is 0 Å². The van der Waals surface area contributed by atoms with Crippen LogP contribution in [-0.4, -0.2) is 28.8 Å². The molecule has 0 aliphatic rings. The summed E-state index contributed by atoms with van der Waals surface area (Å²) in [6, 6.07) is 6.08. The molecule has 18 heavy (non-hydrogen) atoms. The number of benzene rings is 1. The summed E-state index contributed by atoms with van der Waals surface area (Å²) in [7, 11) is 0. The van der Waals surface area contributed by atoms with E-state index in [0.717, 1.165) is 12.8 Å². The molecule has 0 saturated carbocycles. The molecule has 1 amide bonds. The lowest BCUT2D eigenvalue weighted by molar-refractivity contribution is -0.385. The van der Waals surface area contributed by atoms with Crippen LogP contribution in [0.4, 0.5) is 5.69 Å². The van der Waals surface area contributed by atoms with E-state index in [4.69, 9.17) is 0 Å². The van der Waals surface area contributed by atoms with Crippen LogP contribution >= 0.6 is 0 Å². The summed E-state index contributed by atoms with van der Waals surface area (Å²) >= 11 is 0. The van der Waals surface area contributed by atoms with Gasteiger partial charge in [-0.15, -0.1) is 0 Å². The molecular weight excluding hydrogens is 232 g/mol. The normalized spacial score (nSPS) is 10.1. The topological polar surface area (TPSA) is 63.5 Å². The molecule has 0 bridgehead atoms. The van der Waals surface area contributed by atoms with E-state index in [2.05, 4.69) is 0 Å². The molecule has 1 rings (SSSR count). The summed E-state index contributed by atoms with van der Waals surface area (Å²) in [5.74, 6) is -0.266. The van der Waals surface area contributed by atoms with Crippen molar-refractivity contribution in [3.8, 4) is 0 Å². The number of nitrogens with zero attached hydrogens (tertiary/aromatic N) is 2. The number of carbonyl (C=O) groups excluding carboxylic acids is 1. The van der Waals surface area contributed by atoms with Gasteiger partial charge in [-0.2, -0.15) is 0 Å². The van der Waals surface area contributed by atoms with Gasteiger partial charge in [-0.25, -0.2) is 0 Å². The Hall–Kier alpha value is -1.91. The summed E-state index contributed by atoms with van der Waals surface area (Å²) in [5.41, 5.74) is 0.0397. The van der Waals surface area contributed by atoms with Crippen molar-refractivity contribution in [2.75, 3.05) is 13.1 Å². The SMILES string of the molecule is CCCCN(CC)C(=O)c1ccccc1[N+](=O)[O-]. The van der Waals surface area contributed by atoms with Crippen molar-refractivity contribution in [2.45, 2.75) is 26.7 Å². The van der Waals surface area contributed by atoms with Crippen molar-refractivity contribution in [1.29, 1.82) is 0 Å². The molecule has 0 aliphatic carbocycles. The molecule has 98 valence electrons. The Kier molecular flexibility index (Phi) is 5.30. The van der Waals surface area contributed by atoms with Gasteiger partial charge in [-0.05, 0) is 19.4 Å². The Labute approximate surface area is 107 Å². The number of para-hydroxylation sites is 1. The molecule has 0 spiro atoms. The highest BCUT2D eigenvalue weighted by Crippen LogP contribution is 2.19. The Morgan fingerprint density at radius 2 is 2.00 bits per heavy atom. The molecule has 0 heterocycles. The van der Waals surface area contributed by atoms with E-state index < -0.39 is 4.92 Å². The predicted molar refractivity (Wildman–Crippen MR) is 69.6 cm³/mol. The van der Waals surface area contributed by atoms with Gasteiger partial charge in [0.15, 0.2) is 0 Å². The minimum Gasteiger partial charge on any atom is -0.339 e. The first-order chi connectivity index (χ1) is 8.61. The number of rotatable bonds is 6. The Morgan fingerprint density at radius 3 is 2.56 bits per heavy atom. The van der Waals surface area contributed by atoms with Crippen LogP contribution in [0.25, 0.3) is 0 Å². The highest BCUT2D eigenvalue weighted by molar-refractivity contribution is 5.98. The van der Waals surface area contributed by atoms with E-state index in [1.54, 1.807) is 17.0 Å².